The van der Waals surface area contributed by atoms with E-state index in [2.05, 4.69) is 6.07 Å². The van der Waals surface area contributed by atoms with Crippen LogP contribution in [0.1, 0.15) is 30.6 Å². The number of nitrogens with zero attached hydrogens (tertiary/aromatic N) is 2. The van der Waals surface area contributed by atoms with Crippen molar-refractivity contribution < 1.29 is 9.53 Å². The Morgan fingerprint density at radius 1 is 1.37 bits per heavy atom. The van der Waals surface area contributed by atoms with Crippen LogP contribution >= 0.6 is 0 Å². The molecule has 0 radical (unpaired) electrons. The van der Waals surface area contributed by atoms with Crippen molar-refractivity contribution in [1.82, 2.24) is 4.90 Å². The zero-order chi connectivity index (χ0) is 14.4. The predicted octanol–water partition coefficient (Wildman–Crippen LogP) is 2.50. The molecule has 0 aliphatic carbocycles. The van der Waals surface area contributed by atoms with E-state index in [9.17, 15) is 4.79 Å². The average Bonchev–Trinajstić information content (AvgIpc) is 2.45. The van der Waals surface area contributed by atoms with Crippen LogP contribution in [-0.2, 0) is 0 Å². The van der Waals surface area contributed by atoms with Gasteiger partial charge in [-0.1, -0.05) is 0 Å². The summed E-state index contributed by atoms with van der Waals surface area (Å²) in [7, 11) is 3.46. The number of ketones is 1. The molecule has 4 nitrogen and oxygen atoms in total. The molecule has 4 heteroatoms. The predicted molar refractivity (Wildman–Crippen MR) is 74.2 cm³/mol. The summed E-state index contributed by atoms with van der Waals surface area (Å²) in [5.74, 6) is 0.783. The highest BCUT2D eigenvalue weighted by Gasteiger charge is 2.23. The summed E-state index contributed by atoms with van der Waals surface area (Å²) < 4.78 is 5.07. The van der Waals surface area contributed by atoms with Gasteiger partial charge in [-0.2, -0.15) is 5.26 Å². The first-order valence-electron chi connectivity index (χ1n) is 6.28. The smallest absolute Gasteiger partial charge is 0.179 e. The number of carbonyl (C=O) groups is 1. The molecule has 1 aromatic carbocycles. The molecule has 0 saturated heterocycles. The van der Waals surface area contributed by atoms with Crippen molar-refractivity contribution in [3.05, 3.63) is 29.8 Å². The Bertz CT molecular complexity index is 462. The first-order valence-corrected chi connectivity index (χ1v) is 6.28. The molecular formula is C15H20N2O2. The summed E-state index contributed by atoms with van der Waals surface area (Å²) in [4.78, 5) is 14.3. The van der Waals surface area contributed by atoms with Crippen molar-refractivity contribution in [3.8, 4) is 11.8 Å². The molecule has 19 heavy (non-hydrogen) atoms. The fourth-order valence-electron chi connectivity index (χ4n) is 1.84. The van der Waals surface area contributed by atoms with Gasteiger partial charge in [-0.25, -0.2) is 0 Å². The van der Waals surface area contributed by atoms with Crippen LogP contribution in [0.4, 0.5) is 0 Å². The SMILES string of the molecule is COc1ccc(C(=O)C(C)N(C)C(C)CC#N)cc1. The molecule has 0 aliphatic heterocycles. The molecular weight excluding hydrogens is 240 g/mol. The molecule has 1 rings (SSSR count). The lowest BCUT2D eigenvalue weighted by molar-refractivity contribution is 0.0828. The van der Waals surface area contributed by atoms with Crippen LogP contribution in [0, 0.1) is 11.3 Å². The van der Waals surface area contributed by atoms with E-state index in [1.807, 2.05) is 25.8 Å². The van der Waals surface area contributed by atoms with Crippen molar-refractivity contribution in [2.24, 2.45) is 0 Å². The van der Waals surface area contributed by atoms with Crippen LogP contribution in [-0.4, -0.2) is 36.9 Å². The van der Waals surface area contributed by atoms with E-state index in [0.717, 1.165) is 5.75 Å². The number of hydrogen-bond acceptors (Lipinski definition) is 4. The van der Waals surface area contributed by atoms with Gasteiger partial charge in [-0.05, 0) is 45.2 Å². The zero-order valence-electron chi connectivity index (χ0n) is 11.9. The van der Waals surface area contributed by atoms with Crippen LogP contribution < -0.4 is 4.74 Å². The molecule has 0 fully saturated rings. The number of ether oxygens (including phenoxy) is 1. The maximum Gasteiger partial charge on any atom is 0.179 e. The van der Waals surface area contributed by atoms with Gasteiger partial charge in [0.1, 0.15) is 5.75 Å². The van der Waals surface area contributed by atoms with E-state index in [4.69, 9.17) is 10.00 Å². The molecule has 0 spiro atoms. The van der Waals surface area contributed by atoms with Gasteiger partial charge in [-0.15, -0.1) is 0 Å². The van der Waals surface area contributed by atoms with E-state index in [1.165, 1.54) is 0 Å². The molecule has 0 heterocycles. The van der Waals surface area contributed by atoms with Crippen molar-refractivity contribution >= 4 is 5.78 Å². The lowest BCUT2D eigenvalue weighted by Gasteiger charge is -2.28. The summed E-state index contributed by atoms with van der Waals surface area (Å²) >= 11 is 0. The van der Waals surface area contributed by atoms with Gasteiger partial charge >= 0.3 is 0 Å². The summed E-state index contributed by atoms with van der Waals surface area (Å²) in [6, 6.07) is 9.01. The maximum atomic E-state index is 12.3. The first kappa shape index (κ1) is 15.2. The monoisotopic (exact) mass is 260 g/mol. The Hall–Kier alpha value is -1.86. The number of benzene rings is 1. The second kappa shape index (κ2) is 6.91. The highest BCUT2D eigenvalue weighted by atomic mass is 16.5. The number of rotatable bonds is 6. The molecule has 0 bridgehead atoms. The van der Waals surface area contributed by atoms with Gasteiger partial charge in [0, 0.05) is 11.6 Å². The Labute approximate surface area is 114 Å². The van der Waals surface area contributed by atoms with Gasteiger partial charge in [0.05, 0.1) is 25.6 Å². The third kappa shape index (κ3) is 3.80. The molecule has 2 unspecified atom stereocenters. The summed E-state index contributed by atoms with van der Waals surface area (Å²) in [6.07, 6.45) is 0.413. The molecule has 0 N–H and O–H groups in total. The third-order valence-corrected chi connectivity index (χ3v) is 3.45. The lowest BCUT2D eigenvalue weighted by atomic mass is 10.0. The van der Waals surface area contributed by atoms with Crippen molar-refractivity contribution in [1.29, 1.82) is 5.26 Å². The number of hydrogen-bond donors (Lipinski definition) is 0. The molecule has 0 saturated carbocycles. The molecule has 0 aliphatic rings. The third-order valence-electron chi connectivity index (χ3n) is 3.45. The normalized spacial score (nSPS) is 13.7. The second-order valence-corrected chi connectivity index (χ2v) is 4.65. The van der Waals surface area contributed by atoms with Crippen LogP contribution in [0.25, 0.3) is 0 Å². The lowest BCUT2D eigenvalue weighted by Crippen LogP contribution is -2.41. The summed E-state index contributed by atoms with van der Waals surface area (Å²) in [5, 5.41) is 8.71. The highest BCUT2D eigenvalue weighted by molar-refractivity contribution is 5.99. The van der Waals surface area contributed by atoms with Gasteiger partial charge in [0.15, 0.2) is 5.78 Å². The van der Waals surface area contributed by atoms with E-state index < -0.39 is 0 Å². The van der Waals surface area contributed by atoms with Gasteiger partial charge in [0.25, 0.3) is 0 Å². The number of carbonyl (C=O) groups excluding carboxylic acids is 1. The Balaban J connectivity index is 2.78. The van der Waals surface area contributed by atoms with Gasteiger partial charge in [0.2, 0.25) is 0 Å². The van der Waals surface area contributed by atoms with Crippen LogP contribution in [0.2, 0.25) is 0 Å². The van der Waals surface area contributed by atoms with E-state index in [-0.39, 0.29) is 17.9 Å². The van der Waals surface area contributed by atoms with E-state index in [1.54, 1.807) is 31.4 Å². The van der Waals surface area contributed by atoms with E-state index in [0.29, 0.717) is 12.0 Å². The molecule has 1 aromatic rings. The average molecular weight is 260 g/mol. The van der Waals surface area contributed by atoms with Crippen molar-refractivity contribution in [3.63, 3.8) is 0 Å². The Morgan fingerprint density at radius 3 is 2.42 bits per heavy atom. The number of Topliss-reactive ketones (excluding diaryl/α,β-unsaturated/α-hetero) is 1. The largest absolute Gasteiger partial charge is 0.497 e. The van der Waals surface area contributed by atoms with Crippen LogP contribution in [0.3, 0.4) is 0 Å². The number of methoxy groups -OCH3 is 1. The standard InChI is InChI=1S/C15H20N2O2/c1-11(9-10-16)17(3)12(2)15(18)13-5-7-14(19-4)8-6-13/h5-8,11-12H,9H2,1-4H3. The molecule has 0 aromatic heterocycles. The van der Waals surface area contributed by atoms with Crippen molar-refractivity contribution in [2.75, 3.05) is 14.2 Å². The topological polar surface area (TPSA) is 53.3 Å². The zero-order valence-corrected chi connectivity index (χ0v) is 11.9. The fraction of sp³-hybridized carbons (Fsp3) is 0.467. The Kier molecular flexibility index (Phi) is 5.53. The quantitative estimate of drug-likeness (QED) is 0.737. The van der Waals surface area contributed by atoms with Crippen LogP contribution in [0.15, 0.2) is 24.3 Å². The minimum absolute atomic E-state index is 0.0509. The van der Waals surface area contributed by atoms with Gasteiger partial charge < -0.3 is 4.74 Å². The highest BCUT2D eigenvalue weighted by Crippen LogP contribution is 2.15. The summed E-state index contributed by atoms with van der Waals surface area (Å²) in [6.45, 7) is 3.81. The second-order valence-electron chi connectivity index (χ2n) is 4.65. The molecule has 2 atom stereocenters. The maximum absolute atomic E-state index is 12.3. The van der Waals surface area contributed by atoms with Crippen LogP contribution in [0.5, 0.6) is 5.75 Å². The van der Waals surface area contributed by atoms with E-state index >= 15 is 0 Å². The minimum Gasteiger partial charge on any atom is -0.497 e. The van der Waals surface area contributed by atoms with Gasteiger partial charge in [-0.3, -0.25) is 9.69 Å². The molecule has 0 amide bonds. The Morgan fingerprint density at radius 2 is 1.95 bits per heavy atom. The summed E-state index contributed by atoms with van der Waals surface area (Å²) in [5.41, 5.74) is 0.657. The van der Waals surface area contributed by atoms with Crippen molar-refractivity contribution in [2.45, 2.75) is 32.4 Å². The first-order chi connectivity index (χ1) is 9.01. The fourth-order valence-corrected chi connectivity index (χ4v) is 1.84. The number of nitriles is 1. The minimum atomic E-state index is -0.253. The molecule has 102 valence electrons. The number of likely N-dealkylation sites (N-methyl/N-ethyl adjacent to an activating group) is 1.